The molecule has 1 amide bonds. The molecule has 0 bridgehead atoms. The Balaban J connectivity index is 1.96. The highest BCUT2D eigenvalue weighted by atomic mass is 32.1. The Morgan fingerprint density at radius 1 is 1.25 bits per heavy atom. The first-order chi connectivity index (χ1) is 9.68. The first-order valence-corrected chi connectivity index (χ1v) is 7.61. The van der Waals surface area contributed by atoms with Gasteiger partial charge in [-0.25, -0.2) is 0 Å². The van der Waals surface area contributed by atoms with Gasteiger partial charge in [-0.3, -0.25) is 4.79 Å². The zero-order valence-electron chi connectivity index (χ0n) is 10.9. The van der Waals surface area contributed by atoms with Gasteiger partial charge in [0.1, 0.15) is 5.92 Å². The smallest absolute Gasteiger partial charge is 0.234 e. The number of thiophene rings is 1. The average molecular weight is 304 g/mol. The van der Waals surface area contributed by atoms with Crippen LogP contribution >= 0.6 is 23.6 Å². The Morgan fingerprint density at radius 2 is 2.00 bits per heavy atom. The van der Waals surface area contributed by atoms with Crippen LogP contribution in [0.1, 0.15) is 16.4 Å². The molecule has 20 heavy (non-hydrogen) atoms. The van der Waals surface area contributed by atoms with Crippen LogP contribution in [0.15, 0.2) is 47.8 Å². The van der Waals surface area contributed by atoms with Gasteiger partial charge in [0, 0.05) is 11.4 Å². The monoisotopic (exact) mass is 304 g/mol. The van der Waals surface area contributed by atoms with E-state index >= 15 is 0 Å². The van der Waals surface area contributed by atoms with Crippen molar-refractivity contribution in [2.75, 3.05) is 6.54 Å². The van der Waals surface area contributed by atoms with Crippen molar-refractivity contribution in [2.45, 2.75) is 12.3 Å². The molecule has 0 radical (unpaired) electrons. The summed E-state index contributed by atoms with van der Waals surface area (Å²) in [5.41, 5.74) is 6.54. The first kappa shape index (κ1) is 14.7. The van der Waals surface area contributed by atoms with Crippen molar-refractivity contribution in [3.63, 3.8) is 0 Å². The fourth-order valence-electron chi connectivity index (χ4n) is 1.96. The van der Waals surface area contributed by atoms with Crippen LogP contribution in [0, 0.1) is 0 Å². The molecule has 1 atom stereocenters. The number of hydrogen-bond acceptors (Lipinski definition) is 3. The molecular formula is C15H16N2OS2. The second-order valence-corrected chi connectivity index (χ2v) is 5.87. The fourth-order valence-corrected chi connectivity index (χ4v) is 2.91. The molecule has 1 aromatic heterocycles. The maximum atomic E-state index is 12.2. The summed E-state index contributed by atoms with van der Waals surface area (Å²) < 4.78 is 0. The van der Waals surface area contributed by atoms with Crippen LogP contribution in [0.3, 0.4) is 0 Å². The van der Waals surface area contributed by atoms with Gasteiger partial charge in [-0.1, -0.05) is 48.6 Å². The average Bonchev–Trinajstić information content (AvgIpc) is 2.93. The summed E-state index contributed by atoms with van der Waals surface area (Å²) >= 11 is 6.71. The highest BCUT2D eigenvalue weighted by Gasteiger charge is 2.22. The second-order valence-electron chi connectivity index (χ2n) is 4.37. The second kappa shape index (κ2) is 7.17. The molecular weight excluding hydrogens is 288 g/mol. The lowest BCUT2D eigenvalue weighted by molar-refractivity contribution is -0.121. The number of hydrogen-bond donors (Lipinski definition) is 2. The molecule has 0 spiro atoms. The molecule has 104 valence electrons. The van der Waals surface area contributed by atoms with Gasteiger partial charge in [0.15, 0.2) is 0 Å². The first-order valence-electron chi connectivity index (χ1n) is 6.33. The molecule has 3 N–H and O–H groups in total. The lowest BCUT2D eigenvalue weighted by atomic mass is 9.98. The molecule has 0 aliphatic heterocycles. The topological polar surface area (TPSA) is 55.1 Å². The van der Waals surface area contributed by atoms with E-state index in [1.165, 1.54) is 4.88 Å². The largest absolute Gasteiger partial charge is 0.392 e. The van der Waals surface area contributed by atoms with Crippen LogP contribution in [0.4, 0.5) is 0 Å². The highest BCUT2D eigenvalue weighted by Crippen LogP contribution is 2.16. The molecule has 1 unspecified atom stereocenters. The zero-order valence-corrected chi connectivity index (χ0v) is 12.5. The van der Waals surface area contributed by atoms with E-state index in [2.05, 4.69) is 11.4 Å². The van der Waals surface area contributed by atoms with Gasteiger partial charge < -0.3 is 11.1 Å². The molecule has 3 nitrogen and oxygen atoms in total. The van der Waals surface area contributed by atoms with Gasteiger partial charge >= 0.3 is 0 Å². The normalized spacial score (nSPS) is 11.8. The van der Waals surface area contributed by atoms with Crippen molar-refractivity contribution in [3.05, 3.63) is 58.3 Å². The number of rotatable bonds is 6. The highest BCUT2D eigenvalue weighted by molar-refractivity contribution is 7.80. The number of thiocarbonyl (C=S) groups is 1. The van der Waals surface area contributed by atoms with E-state index in [4.69, 9.17) is 18.0 Å². The van der Waals surface area contributed by atoms with E-state index in [-0.39, 0.29) is 10.9 Å². The predicted molar refractivity (Wildman–Crippen MR) is 87.0 cm³/mol. The summed E-state index contributed by atoms with van der Waals surface area (Å²) in [6, 6.07) is 13.4. The molecule has 2 rings (SSSR count). The van der Waals surface area contributed by atoms with Crippen LogP contribution in [0.25, 0.3) is 0 Å². The summed E-state index contributed by atoms with van der Waals surface area (Å²) in [6.45, 7) is 0.589. The van der Waals surface area contributed by atoms with E-state index in [1.54, 1.807) is 11.3 Å². The van der Waals surface area contributed by atoms with Gasteiger partial charge in [0.25, 0.3) is 0 Å². The molecule has 0 saturated carbocycles. The van der Waals surface area contributed by atoms with Gasteiger partial charge in [0.05, 0.1) is 4.99 Å². The minimum atomic E-state index is -0.561. The van der Waals surface area contributed by atoms with Gasteiger partial charge in [-0.2, -0.15) is 0 Å². The quantitative estimate of drug-likeness (QED) is 0.806. The summed E-state index contributed by atoms with van der Waals surface area (Å²) in [4.78, 5) is 13.7. The van der Waals surface area contributed by atoms with Crippen LogP contribution in [-0.4, -0.2) is 17.4 Å². The number of carbonyl (C=O) groups excluding carboxylic acids is 1. The number of amides is 1. The van der Waals surface area contributed by atoms with Crippen molar-refractivity contribution in [2.24, 2.45) is 5.73 Å². The Bertz CT molecular complexity index is 567. The molecule has 0 aliphatic rings. The van der Waals surface area contributed by atoms with E-state index in [0.717, 1.165) is 12.0 Å². The van der Waals surface area contributed by atoms with Crippen LogP contribution in [0.5, 0.6) is 0 Å². The molecule has 0 saturated heterocycles. The molecule has 5 heteroatoms. The van der Waals surface area contributed by atoms with E-state index in [0.29, 0.717) is 6.54 Å². The number of benzene rings is 1. The van der Waals surface area contributed by atoms with E-state index in [9.17, 15) is 4.79 Å². The van der Waals surface area contributed by atoms with Crippen molar-refractivity contribution in [1.29, 1.82) is 0 Å². The van der Waals surface area contributed by atoms with Gasteiger partial charge in [0.2, 0.25) is 5.91 Å². The summed E-state index contributed by atoms with van der Waals surface area (Å²) in [5, 5.41) is 4.93. The minimum absolute atomic E-state index is 0.139. The number of carbonyl (C=O) groups is 1. The standard InChI is InChI=1S/C15H16N2OS2/c16-14(19)13(11-5-2-1-3-6-11)15(18)17-9-8-12-7-4-10-20-12/h1-7,10,13H,8-9H2,(H2,16,19)(H,17,18). The third kappa shape index (κ3) is 3.88. The van der Waals surface area contributed by atoms with Crippen LogP contribution < -0.4 is 11.1 Å². The Hall–Kier alpha value is -1.72. The summed E-state index contributed by atoms with van der Waals surface area (Å²) in [7, 11) is 0. The molecule has 0 fully saturated rings. The van der Waals surface area contributed by atoms with E-state index < -0.39 is 5.92 Å². The lowest BCUT2D eigenvalue weighted by Gasteiger charge is -2.15. The Kier molecular flexibility index (Phi) is 5.26. The van der Waals surface area contributed by atoms with Crippen LogP contribution in [0.2, 0.25) is 0 Å². The van der Waals surface area contributed by atoms with Crippen LogP contribution in [-0.2, 0) is 11.2 Å². The van der Waals surface area contributed by atoms with Crippen molar-refractivity contribution >= 4 is 34.5 Å². The maximum Gasteiger partial charge on any atom is 0.234 e. The molecule has 2 aromatic rings. The third-order valence-electron chi connectivity index (χ3n) is 2.93. The number of nitrogens with two attached hydrogens (primary N) is 1. The number of nitrogens with one attached hydrogen (secondary N) is 1. The SMILES string of the molecule is NC(=S)C(C(=O)NCCc1cccs1)c1ccccc1. The summed E-state index contributed by atoms with van der Waals surface area (Å²) in [5.74, 6) is -0.699. The fraction of sp³-hybridized carbons (Fsp3) is 0.200. The third-order valence-corrected chi connectivity index (χ3v) is 4.10. The maximum absolute atomic E-state index is 12.2. The predicted octanol–water partition coefficient (Wildman–Crippen LogP) is 2.48. The Morgan fingerprint density at radius 3 is 2.60 bits per heavy atom. The minimum Gasteiger partial charge on any atom is -0.392 e. The van der Waals surface area contributed by atoms with E-state index in [1.807, 2.05) is 41.8 Å². The van der Waals surface area contributed by atoms with Gasteiger partial charge in [-0.15, -0.1) is 11.3 Å². The molecule has 1 heterocycles. The van der Waals surface area contributed by atoms with Gasteiger partial charge in [-0.05, 0) is 23.4 Å². The Labute approximate surface area is 127 Å². The molecule has 1 aromatic carbocycles. The van der Waals surface area contributed by atoms with Crippen molar-refractivity contribution in [1.82, 2.24) is 5.32 Å². The summed E-state index contributed by atoms with van der Waals surface area (Å²) in [6.07, 6.45) is 0.822. The zero-order chi connectivity index (χ0) is 14.4. The van der Waals surface area contributed by atoms with Crippen molar-refractivity contribution < 1.29 is 4.79 Å². The molecule has 0 aliphatic carbocycles. The lowest BCUT2D eigenvalue weighted by Crippen LogP contribution is -2.37. The van der Waals surface area contributed by atoms with Crippen molar-refractivity contribution in [3.8, 4) is 0 Å².